The number of aromatic nitrogens is 3. The van der Waals surface area contributed by atoms with Gasteiger partial charge in [-0.05, 0) is 62.3 Å². The molecule has 24 heavy (non-hydrogen) atoms. The number of nitrogens with zero attached hydrogens (tertiary/aromatic N) is 3. The normalized spacial score (nSPS) is 27.0. The minimum absolute atomic E-state index is 0.0267. The first-order valence-corrected chi connectivity index (χ1v) is 9.27. The Morgan fingerprint density at radius 1 is 1.12 bits per heavy atom. The van der Waals surface area contributed by atoms with Crippen molar-refractivity contribution < 1.29 is 4.79 Å². The van der Waals surface area contributed by atoms with Crippen molar-refractivity contribution in [3.8, 4) is 0 Å². The number of carbonyl (C=O) groups excluding carboxylic acids is 1. The van der Waals surface area contributed by atoms with E-state index in [0.717, 1.165) is 31.6 Å². The lowest BCUT2D eigenvalue weighted by molar-refractivity contribution is 0.0924. The molecule has 1 unspecified atom stereocenters. The van der Waals surface area contributed by atoms with Crippen LogP contribution in [0.25, 0.3) is 5.65 Å². The van der Waals surface area contributed by atoms with Gasteiger partial charge in [0.05, 0.1) is 6.20 Å². The summed E-state index contributed by atoms with van der Waals surface area (Å²) in [4.78, 5) is 17.2. The molecule has 2 heterocycles. The van der Waals surface area contributed by atoms with Crippen LogP contribution in [0.5, 0.6) is 0 Å². The molecule has 1 amide bonds. The van der Waals surface area contributed by atoms with Gasteiger partial charge in [0.2, 0.25) is 0 Å². The Balaban J connectivity index is 1.57. The molecule has 0 aliphatic heterocycles. The van der Waals surface area contributed by atoms with Gasteiger partial charge in [0, 0.05) is 17.9 Å². The van der Waals surface area contributed by atoms with Crippen LogP contribution in [0.1, 0.15) is 67.6 Å². The van der Waals surface area contributed by atoms with Crippen LogP contribution in [0, 0.1) is 11.8 Å². The Hall–Kier alpha value is -1.91. The third-order valence-electron chi connectivity index (χ3n) is 5.75. The van der Waals surface area contributed by atoms with Crippen molar-refractivity contribution in [2.45, 2.75) is 64.8 Å². The maximum Gasteiger partial charge on any atom is 0.256 e. The summed E-state index contributed by atoms with van der Waals surface area (Å²) in [6, 6.07) is 0.294. The first-order chi connectivity index (χ1) is 11.6. The third-order valence-corrected chi connectivity index (χ3v) is 5.75. The predicted octanol–water partition coefficient (Wildman–Crippen LogP) is 3.16. The molecule has 0 aromatic carbocycles. The summed E-state index contributed by atoms with van der Waals surface area (Å²) in [5.41, 5.74) is 3.81. The molecule has 2 aliphatic carbocycles. The summed E-state index contributed by atoms with van der Waals surface area (Å²) in [7, 11) is 0. The maximum absolute atomic E-state index is 12.7. The van der Waals surface area contributed by atoms with Crippen LogP contribution in [0.4, 0.5) is 0 Å². The van der Waals surface area contributed by atoms with Crippen molar-refractivity contribution in [1.82, 2.24) is 19.9 Å². The second-order valence-electron chi connectivity index (χ2n) is 7.80. The molecule has 1 N–H and O–H groups in total. The van der Waals surface area contributed by atoms with Crippen LogP contribution in [0.2, 0.25) is 0 Å². The number of amides is 1. The minimum Gasteiger partial charge on any atom is -0.349 e. The van der Waals surface area contributed by atoms with E-state index in [2.05, 4.69) is 29.2 Å². The zero-order valence-corrected chi connectivity index (χ0v) is 14.6. The van der Waals surface area contributed by atoms with Crippen LogP contribution < -0.4 is 5.32 Å². The highest BCUT2D eigenvalue weighted by Crippen LogP contribution is 2.26. The zero-order chi connectivity index (χ0) is 16.7. The van der Waals surface area contributed by atoms with Crippen LogP contribution >= 0.6 is 0 Å². The number of aryl methyl sites for hydroxylation is 1. The topological polar surface area (TPSA) is 59.3 Å². The van der Waals surface area contributed by atoms with Gasteiger partial charge in [0.25, 0.3) is 5.91 Å². The quantitative estimate of drug-likeness (QED) is 0.922. The van der Waals surface area contributed by atoms with Crippen LogP contribution in [0.3, 0.4) is 0 Å². The summed E-state index contributed by atoms with van der Waals surface area (Å²) in [6.07, 6.45) is 11.4. The van der Waals surface area contributed by atoms with Crippen LogP contribution in [-0.4, -0.2) is 26.5 Å². The Labute approximate surface area is 142 Å². The van der Waals surface area contributed by atoms with Crippen molar-refractivity contribution >= 4 is 11.6 Å². The van der Waals surface area contributed by atoms with Gasteiger partial charge in [-0.3, -0.25) is 4.79 Å². The van der Waals surface area contributed by atoms with E-state index in [-0.39, 0.29) is 5.91 Å². The number of hydrogen-bond donors (Lipinski definition) is 1. The van der Waals surface area contributed by atoms with Gasteiger partial charge >= 0.3 is 0 Å². The molecule has 2 aliphatic rings. The Morgan fingerprint density at radius 2 is 1.92 bits per heavy atom. The Morgan fingerprint density at radius 3 is 2.71 bits per heavy atom. The molecule has 0 spiro atoms. The number of carbonyl (C=O) groups is 1. The molecule has 4 rings (SSSR count). The highest BCUT2D eigenvalue weighted by atomic mass is 16.1. The number of nitrogens with one attached hydrogen (secondary N) is 1. The summed E-state index contributed by atoms with van der Waals surface area (Å²) in [6.45, 7) is 4.57. The van der Waals surface area contributed by atoms with Gasteiger partial charge in [-0.25, -0.2) is 9.50 Å². The summed E-state index contributed by atoms with van der Waals surface area (Å²) in [5, 5.41) is 7.67. The van der Waals surface area contributed by atoms with E-state index < -0.39 is 0 Å². The van der Waals surface area contributed by atoms with Crippen LogP contribution in [0.15, 0.2) is 12.4 Å². The highest BCUT2D eigenvalue weighted by molar-refractivity contribution is 5.99. The lowest BCUT2D eigenvalue weighted by Gasteiger charge is -2.26. The van der Waals surface area contributed by atoms with Gasteiger partial charge < -0.3 is 5.32 Å². The molecule has 0 radical (unpaired) electrons. The Kier molecular flexibility index (Phi) is 4.02. The third kappa shape index (κ3) is 2.80. The van der Waals surface area contributed by atoms with Gasteiger partial charge in [0.15, 0.2) is 5.65 Å². The number of hydrogen-bond acceptors (Lipinski definition) is 3. The maximum atomic E-state index is 12.7. The summed E-state index contributed by atoms with van der Waals surface area (Å²) in [5.74, 6) is 1.45. The molecule has 128 valence electrons. The van der Waals surface area contributed by atoms with Crippen molar-refractivity contribution in [2.75, 3.05) is 0 Å². The molecule has 0 bridgehead atoms. The van der Waals surface area contributed by atoms with Gasteiger partial charge in [-0.2, -0.15) is 5.10 Å². The fraction of sp³-hybridized carbons (Fsp3) is 0.632. The number of rotatable bonds is 2. The fourth-order valence-corrected chi connectivity index (χ4v) is 4.14. The van der Waals surface area contributed by atoms with Crippen molar-refractivity contribution in [3.63, 3.8) is 0 Å². The SMILES string of the molecule is CC1CCC(NC(=O)c2cnn3c4c(cnc23)CC(C)CC4)CC1. The molecule has 1 fully saturated rings. The lowest BCUT2D eigenvalue weighted by atomic mass is 9.87. The second kappa shape index (κ2) is 6.19. The Bertz CT molecular complexity index is 758. The summed E-state index contributed by atoms with van der Waals surface area (Å²) >= 11 is 0. The standard InChI is InChI=1S/C19H26N4O/c1-12-3-6-15(7-4-12)22-19(24)16-11-21-23-17-8-5-13(2)9-14(17)10-20-18(16)23/h10-13,15H,3-9H2,1-2H3,(H,22,24). The fourth-order valence-electron chi connectivity index (χ4n) is 4.14. The average Bonchev–Trinajstić information content (AvgIpc) is 3.01. The van der Waals surface area contributed by atoms with E-state index in [1.165, 1.54) is 30.5 Å². The molecule has 1 saturated carbocycles. The predicted molar refractivity (Wildman–Crippen MR) is 93.1 cm³/mol. The highest BCUT2D eigenvalue weighted by Gasteiger charge is 2.24. The molecule has 2 aromatic rings. The summed E-state index contributed by atoms with van der Waals surface area (Å²) < 4.78 is 1.89. The smallest absolute Gasteiger partial charge is 0.256 e. The molecule has 0 saturated heterocycles. The molecule has 1 atom stereocenters. The largest absolute Gasteiger partial charge is 0.349 e. The van der Waals surface area contributed by atoms with Gasteiger partial charge in [-0.1, -0.05) is 13.8 Å². The molecule has 2 aromatic heterocycles. The number of fused-ring (bicyclic) bond motifs is 3. The molecular weight excluding hydrogens is 300 g/mol. The van der Waals surface area contributed by atoms with Crippen molar-refractivity contribution in [3.05, 3.63) is 29.2 Å². The van der Waals surface area contributed by atoms with Gasteiger partial charge in [-0.15, -0.1) is 0 Å². The van der Waals surface area contributed by atoms with E-state index in [9.17, 15) is 4.79 Å². The van der Waals surface area contributed by atoms with Crippen molar-refractivity contribution in [2.24, 2.45) is 11.8 Å². The molecule has 5 heteroatoms. The first kappa shape index (κ1) is 15.6. The van der Waals surface area contributed by atoms with Crippen LogP contribution in [-0.2, 0) is 12.8 Å². The van der Waals surface area contributed by atoms with Gasteiger partial charge in [0.1, 0.15) is 5.56 Å². The van der Waals surface area contributed by atoms with E-state index in [1.807, 2.05) is 10.7 Å². The second-order valence-corrected chi connectivity index (χ2v) is 7.80. The van der Waals surface area contributed by atoms with E-state index in [0.29, 0.717) is 23.2 Å². The van der Waals surface area contributed by atoms with E-state index >= 15 is 0 Å². The lowest BCUT2D eigenvalue weighted by Crippen LogP contribution is -2.37. The average molecular weight is 326 g/mol. The minimum atomic E-state index is -0.0267. The van der Waals surface area contributed by atoms with E-state index in [4.69, 9.17) is 0 Å². The zero-order valence-electron chi connectivity index (χ0n) is 14.6. The van der Waals surface area contributed by atoms with Crippen molar-refractivity contribution in [1.29, 1.82) is 0 Å². The monoisotopic (exact) mass is 326 g/mol. The molecule has 5 nitrogen and oxygen atoms in total. The molecular formula is C19H26N4O. The van der Waals surface area contributed by atoms with E-state index in [1.54, 1.807) is 6.20 Å². The first-order valence-electron chi connectivity index (χ1n) is 9.27.